The van der Waals surface area contributed by atoms with Crippen molar-refractivity contribution in [3.63, 3.8) is 0 Å². The number of rotatable bonds is 5. The molecule has 7 heteroatoms. The van der Waals surface area contributed by atoms with Crippen molar-refractivity contribution in [1.29, 1.82) is 0 Å². The fourth-order valence-electron chi connectivity index (χ4n) is 2.88. The van der Waals surface area contributed by atoms with Crippen LogP contribution in [0.25, 0.3) is 11.1 Å². The largest absolute Gasteiger partial charge is 0.399 e. The lowest BCUT2D eigenvalue weighted by atomic mass is 10.0. The van der Waals surface area contributed by atoms with Gasteiger partial charge in [0.25, 0.3) is 5.24 Å². The Hall–Kier alpha value is -2.83. The van der Waals surface area contributed by atoms with Crippen LogP contribution in [0.1, 0.15) is 15.9 Å². The van der Waals surface area contributed by atoms with Crippen LogP contribution in [-0.4, -0.2) is 19.9 Å². The Bertz CT molecular complexity index is 1140. The second-order valence-corrected chi connectivity index (χ2v) is 8.86. The standard InChI is InChI=1S/C21H19ClN2O3S/c1-13-11-19(20(28(2,26)27)12-18(13)21(22)25)24-17-9-5-15(6-10-17)14-3-7-16(23)8-4-14/h3-12,24H,23H2,1-2H3. The molecule has 3 N–H and O–H groups in total. The van der Waals surface area contributed by atoms with E-state index in [1.807, 2.05) is 48.5 Å². The Balaban J connectivity index is 1.96. The summed E-state index contributed by atoms with van der Waals surface area (Å²) in [5.41, 5.74) is 10.3. The summed E-state index contributed by atoms with van der Waals surface area (Å²) in [6, 6.07) is 18.0. The van der Waals surface area contributed by atoms with Crippen LogP contribution in [0.5, 0.6) is 0 Å². The molecule has 5 nitrogen and oxygen atoms in total. The van der Waals surface area contributed by atoms with E-state index < -0.39 is 15.1 Å². The molecule has 3 aromatic carbocycles. The number of hydrogen-bond acceptors (Lipinski definition) is 5. The summed E-state index contributed by atoms with van der Waals surface area (Å²) in [7, 11) is -3.57. The smallest absolute Gasteiger partial charge is 0.252 e. The van der Waals surface area contributed by atoms with Gasteiger partial charge in [0.2, 0.25) is 0 Å². The summed E-state index contributed by atoms with van der Waals surface area (Å²) in [5.74, 6) is 0. The van der Waals surface area contributed by atoms with Gasteiger partial charge in [0, 0.05) is 23.2 Å². The molecule has 3 aromatic rings. The van der Waals surface area contributed by atoms with E-state index in [4.69, 9.17) is 17.3 Å². The Morgan fingerprint density at radius 1 is 0.964 bits per heavy atom. The van der Waals surface area contributed by atoms with Crippen LogP contribution in [0.3, 0.4) is 0 Å². The maximum absolute atomic E-state index is 12.2. The number of nitrogens with one attached hydrogen (secondary N) is 1. The average Bonchev–Trinajstić information content (AvgIpc) is 2.62. The zero-order valence-electron chi connectivity index (χ0n) is 15.4. The monoisotopic (exact) mass is 414 g/mol. The fourth-order valence-corrected chi connectivity index (χ4v) is 3.93. The molecule has 0 aliphatic rings. The number of benzene rings is 3. The van der Waals surface area contributed by atoms with E-state index in [1.54, 1.807) is 13.0 Å². The molecule has 0 amide bonds. The third-order valence-electron chi connectivity index (χ3n) is 4.35. The van der Waals surface area contributed by atoms with E-state index in [-0.39, 0.29) is 10.5 Å². The van der Waals surface area contributed by atoms with Crippen LogP contribution >= 0.6 is 11.6 Å². The summed E-state index contributed by atoms with van der Waals surface area (Å²) in [5, 5.41) is 2.43. The number of aryl methyl sites for hydroxylation is 1. The van der Waals surface area contributed by atoms with Gasteiger partial charge in [-0.25, -0.2) is 8.42 Å². The molecule has 0 bridgehead atoms. The predicted molar refractivity (Wildman–Crippen MR) is 114 cm³/mol. The Kier molecular flexibility index (Phi) is 5.45. The molecule has 0 spiro atoms. The second-order valence-electron chi connectivity index (χ2n) is 6.53. The maximum Gasteiger partial charge on any atom is 0.252 e. The van der Waals surface area contributed by atoms with Crippen molar-refractivity contribution in [2.45, 2.75) is 11.8 Å². The van der Waals surface area contributed by atoms with E-state index in [1.165, 1.54) is 6.07 Å². The van der Waals surface area contributed by atoms with Gasteiger partial charge in [-0.05, 0) is 71.6 Å². The van der Waals surface area contributed by atoms with Gasteiger partial charge in [0.1, 0.15) is 0 Å². The van der Waals surface area contributed by atoms with Crippen molar-refractivity contribution < 1.29 is 13.2 Å². The van der Waals surface area contributed by atoms with Gasteiger partial charge in [-0.1, -0.05) is 24.3 Å². The fraction of sp³-hybridized carbons (Fsp3) is 0.0952. The molecule has 3 rings (SSSR count). The molecule has 28 heavy (non-hydrogen) atoms. The van der Waals surface area contributed by atoms with Gasteiger partial charge in [-0.3, -0.25) is 4.79 Å². The zero-order chi connectivity index (χ0) is 20.5. The maximum atomic E-state index is 12.2. The molecule has 0 aliphatic carbocycles. The molecule has 0 radical (unpaired) electrons. The quantitative estimate of drug-likeness (QED) is 0.463. The van der Waals surface area contributed by atoms with Gasteiger partial charge >= 0.3 is 0 Å². The predicted octanol–water partition coefficient (Wildman–Crippen LogP) is 4.77. The zero-order valence-corrected chi connectivity index (χ0v) is 16.9. The first-order valence-electron chi connectivity index (χ1n) is 8.42. The van der Waals surface area contributed by atoms with E-state index in [0.29, 0.717) is 22.6 Å². The van der Waals surface area contributed by atoms with Crippen LogP contribution in [0.15, 0.2) is 65.6 Å². The highest BCUT2D eigenvalue weighted by molar-refractivity contribution is 7.90. The third-order valence-corrected chi connectivity index (χ3v) is 5.69. The highest BCUT2D eigenvalue weighted by atomic mass is 35.5. The van der Waals surface area contributed by atoms with Gasteiger partial charge in [0.05, 0.1) is 10.6 Å². The number of nitrogen functional groups attached to an aromatic ring is 1. The summed E-state index contributed by atoms with van der Waals surface area (Å²) >= 11 is 5.57. The van der Waals surface area contributed by atoms with Crippen LogP contribution in [-0.2, 0) is 9.84 Å². The normalized spacial score (nSPS) is 11.2. The first kappa shape index (κ1) is 19.9. The van der Waals surface area contributed by atoms with Crippen LogP contribution in [0.4, 0.5) is 17.1 Å². The SMILES string of the molecule is Cc1cc(Nc2ccc(-c3ccc(N)cc3)cc2)c(S(C)(=O)=O)cc1C(=O)Cl. The van der Waals surface area contributed by atoms with Gasteiger partial charge in [-0.15, -0.1) is 0 Å². The molecule has 0 saturated carbocycles. The summed E-state index contributed by atoms with van der Waals surface area (Å²) in [6.07, 6.45) is 1.09. The van der Waals surface area contributed by atoms with Crippen molar-refractivity contribution in [1.82, 2.24) is 0 Å². The summed E-state index contributed by atoms with van der Waals surface area (Å²) in [4.78, 5) is 11.6. The number of carbonyl (C=O) groups is 1. The minimum absolute atomic E-state index is 0.0183. The van der Waals surface area contributed by atoms with Crippen molar-refractivity contribution in [3.8, 4) is 11.1 Å². The van der Waals surface area contributed by atoms with Gasteiger partial charge in [0.15, 0.2) is 9.84 Å². The van der Waals surface area contributed by atoms with Crippen molar-refractivity contribution in [3.05, 3.63) is 71.8 Å². The number of carbonyl (C=O) groups excluding carboxylic acids is 1. The van der Waals surface area contributed by atoms with E-state index >= 15 is 0 Å². The van der Waals surface area contributed by atoms with Crippen molar-refractivity contribution in [2.75, 3.05) is 17.3 Å². The summed E-state index contributed by atoms with van der Waals surface area (Å²) < 4.78 is 24.4. The molecular formula is C21H19ClN2O3S. The first-order valence-corrected chi connectivity index (χ1v) is 10.7. The van der Waals surface area contributed by atoms with Crippen molar-refractivity contribution in [2.24, 2.45) is 0 Å². The van der Waals surface area contributed by atoms with E-state index in [9.17, 15) is 13.2 Å². The van der Waals surface area contributed by atoms with Crippen molar-refractivity contribution >= 4 is 43.7 Å². The number of nitrogens with two attached hydrogens (primary N) is 1. The Labute approximate surface area is 169 Å². The lowest BCUT2D eigenvalue weighted by Gasteiger charge is -2.14. The number of halogens is 1. The lowest BCUT2D eigenvalue weighted by Crippen LogP contribution is -2.06. The molecule has 0 atom stereocenters. The number of sulfone groups is 1. The average molecular weight is 415 g/mol. The molecule has 0 aromatic heterocycles. The molecule has 0 saturated heterocycles. The molecule has 0 aliphatic heterocycles. The molecule has 0 unspecified atom stereocenters. The molecule has 0 fully saturated rings. The number of hydrogen-bond donors (Lipinski definition) is 2. The minimum Gasteiger partial charge on any atom is -0.399 e. The third kappa shape index (κ3) is 4.35. The van der Waals surface area contributed by atoms with Crippen LogP contribution < -0.4 is 11.1 Å². The molecule has 0 heterocycles. The molecule has 144 valence electrons. The number of anilines is 3. The lowest BCUT2D eigenvalue weighted by molar-refractivity contribution is 0.108. The van der Waals surface area contributed by atoms with Crippen LogP contribution in [0, 0.1) is 6.92 Å². The second kappa shape index (κ2) is 7.66. The minimum atomic E-state index is -3.57. The van der Waals surface area contributed by atoms with E-state index in [0.717, 1.165) is 17.4 Å². The summed E-state index contributed by atoms with van der Waals surface area (Å²) in [6.45, 7) is 1.71. The highest BCUT2D eigenvalue weighted by Crippen LogP contribution is 2.30. The first-order chi connectivity index (χ1) is 13.1. The Morgan fingerprint density at radius 3 is 2.00 bits per heavy atom. The van der Waals surface area contributed by atoms with E-state index in [2.05, 4.69) is 5.32 Å². The molecular weight excluding hydrogens is 396 g/mol. The highest BCUT2D eigenvalue weighted by Gasteiger charge is 2.18. The topological polar surface area (TPSA) is 89.3 Å². The van der Waals surface area contributed by atoms with Crippen LogP contribution in [0.2, 0.25) is 0 Å². The van der Waals surface area contributed by atoms with Gasteiger partial charge in [-0.2, -0.15) is 0 Å². The Morgan fingerprint density at radius 2 is 1.50 bits per heavy atom. The van der Waals surface area contributed by atoms with Gasteiger partial charge < -0.3 is 11.1 Å².